The Bertz CT molecular complexity index is 204. The van der Waals surface area contributed by atoms with E-state index in [0.29, 0.717) is 5.92 Å². The maximum atomic E-state index is 11.4. The monoisotopic (exact) mass is 201 g/mol. The van der Waals surface area contributed by atoms with Crippen LogP contribution in [-0.4, -0.2) is 23.5 Å². The molecule has 0 spiro atoms. The highest BCUT2D eigenvalue weighted by atomic mass is 16.4. The van der Waals surface area contributed by atoms with Crippen molar-refractivity contribution >= 4 is 11.9 Å². The fourth-order valence-electron chi connectivity index (χ4n) is 1.07. The second-order valence-electron chi connectivity index (χ2n) is 3.61. The van der Waals surface area contributed by atoms with Gasteiger partial charge in [0.15, 0.2) is 0 Å². The largest absolute Gasteiger partial charge is 0.481 e. The molecule has 0 bridgehead atoms. The average molecular weight is 201 g/mol. The summed E-state index contributed by atoms with van der Waals surface area (Å²) >= 11 is 0. The molecule has 4 heteroatoms. The number of nitrogens with one attached hydrogen (secondary N) is 1. The zero-order valence-electron chi connectivity index (χ0n) is 9.04. The van der Waals surface area contributed by atoms with Gasteiger partial charge in [0.25, 0.3) is 0 Å². The molecule has 0 heterocycles. The van der Waals surface area contributed by atoms with Gasteiger partial charge in [-0.05, 0) is 5.92 Å². The molecular formula is C10H19NO3. The number of carbonyl (C=O) groups is 2. The molecule has 0 aliphatic heterocycles. The Labute approximate surface area is 84.7 Å². The van der Waals surface area contributed by atoms with E-state index in [1.807, 2.05) is 20.8 Å². The zero-order chi connectivity index (χ0) is 11.1. The average Bonchev–Trinajstić information content (AvgIpc) is 2.14. The summed E-state index contributed by atoms with van der Waals surface area (Å²) < 4.78 is 0. The van der Waals surface area contributed by atoms with Crippen molar-refractivity contribution in [3.05, 3.63) is 0 Å². The summed E-state index contributed by atoms with van der Waals surface area (Å²) in [5.41, 5.74) is 0. The van der Waals surface area contributed by atoms with E-state index in [4.69, 9.17) is 5.11 Å². The van der Waals surface area contributed by atoms with Crippen LogP contribution >= 0.6 is 0 Å². The number of carbonyl (C=O) groups excluding carboxylic acids is 1. The van der Waals surface area contributed by atoms with Crippen LogP contribution in [0, 0.1) is 11.8 Å². The number of hydrogen-bond acceptors (Lipinski definition) is 2. The number of aliphatic carboxylic acids is 1. The molecule has 14 heavy (non-hydrogen) atoms. The van der Waals surface area contributed by atoms with Crippen molar-refractivity contribution in [2.75, 3.05) is 6.54 Å². The van der Waals surface area contributed by atoms with Crippen LogP contribution in [0.15, 0.2) is 0 Å². The van der Waals surface area contributed by atoms with Gasteiger partial charge in [-0.2, -0.15) is 0 Å². The molecule has 0 rings (SSSR count). The SMILES string of the molecule is CCC(C)C(C)C(=O)NCCC(=O)O. The number of amides is 1. The second kappa shape index (κ2) is 6.40. The molecule has 0 aliphatic rings. The molecule has 0 saturated heterocycles. The first-order valence-corrected chi connectivity index (χ1v) is 4.98. The van der Waals surface area contributed by atoms with Crippen LogP contribution in [0.2, 0.25) is 0 Å². The predicted molar refractivity (Wildman–Crippen MR) is 53.9 cm³/mol. The molecule has 82 valence electrons. The van der Waals surface area contributed by atoms with Crippen LogP contribution in [0.25, 0.3) is 0 Å². The van der Waals surface area contributed by atoms with Crippen LogP contribution in [-0.2, 0) is 9.59 Å². The van der Waals surface area contributed by atoms with E-state index in [-0.39, 0.29) is 24.8 Å². The molecule has 0 saturated carbocycles. The van der Waals surface area contributed by atoms with Gasteiger partial charge < -0.3 is 10.4 Å². The van der Waals surface area contributed by atoms with Crippen LogP contribution in [0.5, 0.6) is 0 Å². The Kier molecular flexibility index (Phi) is 5.92. The van der Waals surface area contributed by atoms with E-state index >= 15 is 0 Å². The Balaban J connectivity index is 3.78. The lowest BCUT2D eigenvalue weighted by Crippen LogP contribution is -2.33. The highest BCUT2D eigenvalue weighted by Gasteiger charge is 2.18. The highest BCUT2D eigenvalue weighted by Crippen LogP contribution is 2.13. The van der Waals surface area contributed by atoms with Crippen molar-refractivity contribution in [1.82, 2.24) is 5.32 Å². The molecule has 0 aliphatic carbocycles. The highest BCUT2D eigenvalue weighted by molar-refractivity contribution is 5.79. The number of carboxylic acid groups (broad SMARTS) is 1. The van der Waals surface area contributed by atoms with Crippen molar-refractivity contribution in [3.63, 3.8) is 0 Å². The van der Waals surface area contributed by atoms with Crippen molar-refractivity contribution in [1.29, 1.82) is 0 Å². The molecule has 2 N–H and O–H groups in total. The van der Waals surface area contributed by atoms with Gasteiger partial charge >= 0.3 is 5.97 Å². The third kappa shape index (κ3) is 4.84. The van der Waals surface area contributed by atoms with Crippen molar-refractivity contribution in [2.45, 2.75) is 33.6 Å². The third-order valence-corrected chi connectivity index (χ3v) is 2.55. The summed E-state index contributed by atoms with van der Waals surface area (Å²) in [6.45, 7) is 6.13. The minimum Gasteiger partial charge on any atom is -0.481 e. The maximum Gasteiger partial charge on any atom is 0.305 e. The van der Waals surface area contributed by atoms with Crippen molar-refractivity contribution in [3.8, 4) is 0 Å². The summed E-state index contributed by atoms with van der Waals surface area (Å²) in [7, 11) is 0. The van der Waals surface area contributed by atoms with E-state index in [1.54, 1.807) is 0 Å². The van der Waals surface area contributed by atoms with Gasteiger partial charge in [0, 0.05) is 12.5 Å². The summed E-state index contributed by atoms with van der Waals surface area (Å²) in [5, 5.41) is 11.0. The Morgan fingerprint density at radius 2 is 1.93 bits per heavy atom. The van der Waals surface area contributed by atoms with E-state index < -0.39 is 5.97 Å². The van der Waals surface area contributed by atoms with E-state index in [1.165, 1.54) is 0 Å². The van der Waals surface area contributed by atoms with Gasteiger partial charge in [-0.25, -0.2) is 0 Å². The first-order chi connectivity index (χ1) is 6.49. The Hall–Kier alpha value is -1.06. The molecule has 0 aromatic heterocycles. The number of carboxylic acids is 1. The molecular weight excluding hydrogens is 182 g/mol. The molecule has 0 fully saturated rings. The first kappa shape index (κ1) is 12.9. The predicted octanol–water partition coefficient (Wildman–Crippen LogP) is 1.26. The fraction of sp³-hybridized carbons (Fsp3) is 0.800. The number of rotatable bonds is 6. The molecule has 2 unspecified atom stereocenters. The maximum absolute atomic E-state index is 11.4. The van der Waals surface area contributed by atoms with Crippen LogP contribution in [0.3, 0.4) is 0 Å². The molecule has 0 aromatic carbocycles. The van der Waals surface area contributed by atoms with Gasteiger partial charge in [-0.3, -0.25) is 9.59 Å². The fourth-order valence-corrected chi connectivity index (χ4v) is 1.07. The standard InChI is InChI=1S/C10H19NO3/c1-4-7(2)8(3)10(14)11-6-5-9(12)13/h7-8H,4-6H2,1-3H3,(H,11,14)(H,12,13). The molecule has 0 aromatic rings. The van der Waals surface area contributed by atoms with Gasteiger partial charge in [0.05, 0.1) is 6.42 Å². The second-order valence-corrected chi connectivity index (χ2v) is 3.61. The Morgan fingerprint density at radius 1 is 1.36 bits per heavy atom. The summed E-state index contributed by atoms with van der Waals surface area (Å²) in [5.74, 6) is -0.657. The molecule has 0 radical (unpaired) electrons. The van der Waals surface area contributed by atoms with Gasteiger partial charge in [0.1, 0.15) is 0 Å². The van der Waals surface area contributed by atoms with Gasteiger partial charge in [-0.1, -0.05) is 27.2 Å². The minimum atomic E-state index is -0.888. The Morgan fingerprint density at radius 3 is 2.36 bits per heavy atom. The van der Waals surface area contributed by atoms with Gasteiger partial charge in [0.2, 0.25) is 5.91 Å². The van der Waals surface area contributed by atoms with Gasteiger partial charge in [-0.15, -0.1) is 0 Å². The summed E-state index contributed by atoms with van der Waals surface area (Å²) in [6, 6.07) is 0. The van der Waals surface area contributed by atoms with Crippen molar-refractivity contribution in [2.24, 2.45) is 11.8 Å². The van der Waals surface area contributed by atoms with E-state index in [9.17, 15) is 9.59 Å². The van der Waals surface area contributed by atoms with Crippen LogP contribution in [0.1, 0.15) is 33.6 Å². The smallest absolute Gasteiger partial charge is 0.305 e. The summed E-state index contributed by atoms with van der Waals surface area (Å²) in [6.07, 6.45) is 0.937. The lowest BCUT2D eigenvalue weighted by molar-refractivity contribution is -0.137. The van der Waals surface area contributed by atoms with Crippen LogP contribution in [0.4, 0.5) is 0 Å². The van der Waals surface area contributed by atoms with Crippen molar-refractivity contribution < 1.29 is 14.7 Å². The molecule has 2 atom stereocenters. The van der Waals surface area contributed by atoms with E-state index in [2.05, 4.69) is 5.32 Å². The zero-order valence-corrected chi connectivity index (χ0v) is 9.04. The van der Waals surface area contributed by atoms with Crippen LogP contribution < -0.4 is 5.32 Å². The topological polar surface area (TPSA) is 66.4 Å². The lowest BCUT2D eigenvalue weighted by atomic mass is 9.93. The number of hydrogen-bond donors (Lipinski definition) is 2. The molecule has 1 amide bonds. The quantitative estimate of drug-likeness (QED) is 0.680. The lowest BCUT2D eigenvalue weighted by Gasteiger charge is -2.17. The first-order valence-electron chi connectivity index (χ1n) is 4.98. The normalized spacial score (nSPS) is 14.5. The summed E-state index contributed by atoms with van der Waals surface area (Å²) in [4.78, 5) is 21.6. The minimum absolute atomic E-state index is 0.0149. The molecule has 4 nitrogen and oxygen atoms in total. The van der Waals surface area contributed by atoms with E-state index in [0.717, 1.165) is 6.42 Å². The third-order valence-electron chi connectivity index (χ3n) is 2.55.